The number of carbonyl (C=O) groups is 1. The third-order valence-electron chi connectivity index (χ3n) is 5.69. The quantitative estimate of drug-likeness (QED) is 0.740. The molecule has 1 amide bonds. The van der Waals surface area contributed by atoms with E-state index < -0.39 is 10.0 Å². The van der Waals surface area contributed by atoms with Crippen LogP contribution < -0.4 is 0 Å². The highest BCUT2D eigenvalue weighted by Crippen LogP contribution is 2.24. The van der Waals surface area contributed by atoms with Crippen LogP contribution in [0.3, 0.4) is 0 Å². The predicted octanol–water partition coefficient (Wildman–Crippen LogP) is 2.95. The highest BCUT2D eigenvalue weighted by atomic mass is 32.2. The van der Waals surface area contributed by atoms with Crippen LogP contribution in [0.1, 0.15) is 56.1 Å². The second kappa shape index (κ2) is 8.53. The van der Waals surface area contributed by atoms with Crippen LogP contribution in [0, 0.1) is 0 Å². The molecule has 2 aliphatic rings. The largest absolute Gasteiger partial charge is 0.338 e. The molecular formula is C20H30N2O3S. The zero-order valence-electron chi connectivity index (χ0n) is 15.7. The summed E-state index contributed by atoms with van der Waals surface area (Å²) in [5.74, 6) is 0.0572. The zero-order valence-corrected chi connectivity index (χ0v) is 16.5. The maximum atomic E-state index is 12.7. The Bertz CT molecular complexity index is 724. The van der Waals surface area contributed by atoms with E-state index in [9.17, 15) is 13.2 Å². The van der Waals surface area contributed by atoms with Crippen LogP contribution >= 0.6 is 0 Å². The standard InChI is InChI=1S/C20H30N2O3S/c1-26(24,25)22(19-10-4-2-3-5-11-19)15-13-20(23)21-14-12-17-8-6-7-9-18(17)16-21/h6-9,19H,2-5,10-16H2,1H3. The highest BCUT2D eigenvalue weighted by Gasteiger charge is 2.29. The summed E-state index contributed by atoms with van der Waals surface area (Å²) in [5.41, 5.74) is 2.52. The molecule has 0 saturated heterocycles. The van der Waals surface area contributed by atoms with Gasteiger partial charge in [0.1, 0.15) is 0 Å². The van der Waals surface area contributed by atoms with Crippen LogP contribution in [0.4, 0.5) is 0 Å². The lowest BCUT2D eigenvalue weighted by Gasteiger charge is -2.31. The summed E-state index contributed by atoms with van der Waals surface area (Å²) in [4.78, 5) is 14.6. The van der Waals surface area contributed by atoms with Crippen molar-refractivity contribution in [3.63, 3.8) is 0 Å². The SMILES string of the molecule is CS(=O)(=O)N(CCC(=O)N1CCc2ccccc2C1)C1CCCCCC1. The number of fused-ring (bicyclic) bond motifs is 1. The minimum Gasteiger partial charge on any atom is -0.338 e. The molecule has 1 aromatic rings. The Hall–Kier alpha value is -1.40. The fourth-order valence-electron chi connectivity index (χ4n) is 4.24. The number of carbonyl (C=O) groups excluding carboxylic acids is 1. The fourth-order valence-corrected chi connectivity index (χ4v) is 5.41. The summed E-state index contributed by atoms with van der Waals surface area (Å²) >= 11 is 0. The molecule has 0 N–H and O–H groups in total. The van der Waals surface area contributed by atoms with Crippen molar-refractivity contribution in [1.82, 2.24) is 9.21 Å². The number of hydrogen-bond donors (Lipinski definition) is 0. The lowest BCUT2D eigenvalue weighted by molar-refractivity contribution is -0.132. The van der Waals surface area contributed by atoms with Gasteiger partial charge in [-0.3, -0.25) is 4.79 Å². The Morgan fingerprint density at radius 1 is 1.12 bits per heavy atom. The molecule has 3 rings (SSSR count). The lowest BCUT2D eigenvalue weighted by atomic mass is 10.00. The molecule has 1 aromatic carbocycles. The van der Waals surface area contributed by atoms with Gasteiger partial charge in [0.05, 0.1) is 6.26 Å². The number of rotatable bonds is 5. The molecule has 0 bridgehead atoms. The van der Waals surface area contributed by atoms with E-state index in [0.29, 0.717) is 13.1 Å². The van der Waals surface area contributed by atoms with Gasteiger partial charge in [-0.05, 0) is 30.4 Å². The van der Waals surface area contributed by atoms with Gasteiger partial charge >= 0.3 is 0 Å². The van der Waals surface area contributed by atoms with Crippen molar-refractivity contribution in [3.05, 3.63) is 35.4 Å². The van der Waals surface area contributed by atoms with E-state index in [-0.39, 0.29) is 18.4 Å². The number of nitrogens with zero attached hydrogens (tertiary/aromatic N) is 2. The van der Waals surface area contributed by atoms with E-state index >= 15 is 0 Å². The minimum absolute atomic E-state index is 0.0572. The molecule has 0 spiro atoms. The highest BCUT2D eigenvalue weighted by molar-refractivity contribution is 7.88. The van der Waals surface area contributed by atoms with E-state index in [1.165, 1.54) is 30.2 Å². The second-order valence-electron chi connectivity index (χ2n) is 7.60. The van der Waals surface area contributed by atoms with Crippen LogP contribution in [-0.4, -0.2) is 48.9 Å². The molecule has 1 saturated carbocycles. The van der Waals surface area contributed by atoms with E-state index in [0.717, 1.165) is 38.6 Å². The van der Waals surface area contributed by atoms with Crippen molar-refractivity contribution >= 4 is 15.9 Å². The molecule has 1 heterocycles. The average Bonchev–Trinajstić information content (AvgIpc) is 2.89. The summed E-state index contributed by atoms with van der Waals surface area (Å²) < 4.78 is 26.2. The third kappa shape index (κ3) is 4.86. The van der Waals surface area contributed by atoms with Gasteiger partial charge in [-0.1, -0.05) is 49.9 Å². The Morgan fingerprint density at radius 3 is 2.42 bits per heavy atom. The fraction of sp³-hybridized carbons (Fsp3) is 0.650. The van der Waals surface area contributed by atoms with Gasteiger partial charge in [0, 0.05) is 32.1 Å². The van der Waals surface area contributed by atoms with Crippen molar-refractivity contribution in [2.45, 2.75) is 64.0 Å². The van der Waals surface area contributed by atoms with E-state index in [1.807, 2.05) is 17.0 Å². The molecule has 1 fully saturated rings. The normalized spacial score (nSPS) is 19.2. The van der Waals surface area contributed by atoms with Crippen LogP contribution in [0.2, 0.25) is 0 Å². The maximum Gasteiger partial charge on any atom is 0.224 e. The smallest absolute Gasteiger partial charge is 0.224 e. The van der Waals surface area contributed by atoms with Crippen molar-refractivity contribution in [2.75, 3.05) is 19.3 Å². The first-order valence-electron chi connectivity index (χ1n) is 9.76. The molecule has 1 aliphatic carbocycles. The Balaban J connectivity index is 1.61. The van der Waals surface area contributed by atoms with Crippen molar-refractivity contribution in [3.8, 4) is 0 Å². The summed E-state index contributed by atoms with van der Waals surface area (Å²) in [6, 6.07) is 8.29. The molecule has 1 aliphatic heterocycles. The monoisotopic (exact) mass is 378 g/mol. The van der Waals surface area contributed by atoms with Gasteiger partial charge in [-0.15, -0.1) is 0 Å². The molecular weight excluding hydrogens is 348 g/mol. The second-order valence-corrected chi connectivity index (χ2v) is 9.54. The predicted molar refractivity (Wildman–Crippen MR) is 103 cm³/mol. The van der Waals surface area contributed by atoms with Crippen molar-refractivity contribution in [1.29, 1.82) is 0 Å². The first kappa shape index (κ1) is 19.4. The Morgan fingerprint density at radius 2 is 1.77 bits per heavy atom. The molecule has 0 unspecified atom stereocenters. The molecule has 144 valence electrons. The van der Waals surface area contributed by atoms with Gasteiger partial charge in [-0.2, -0.15) is 4.31 Å². The Labute approximate surface area is 157 Å². The van der Waals surface area contributed by atoms with Gasteiger partial charge in [0.25, 0.3) is 0 Å². The molecule has 0 aromatic heterocycles. The van der Waals surface area contributed by atoms with Gasteiger partial charge in [0.15, 0.2) is 0 Å². The van der Waals surface area contributed by atoms with Gasteiger partial charge in [0.2, 0.25) is 15.9 Å². The topological polar surface area (TPSA) is 57.7 Å². The number of hydrogen-bond acceptors (Lipinski definition) is 3. The van der Waals surface area contributed by atoms with Crippen LogP contribution in [0.15, 0.2) is 24.3 Å². The maximum absolute atomic E-state index is 12.7. The Kier molecular flexibility index (Phi) is 6.35. The number of benzene rings is 1. The number of sulfonamides is 1. The van der Waals surface area contributed by atoms with Crippen molar-refractivity contribution in [2.24, 2.45) is 0 Å². The molecule has 26 heavy (non-hydrogen) atoms. The minimum atomic E-state index is -3.29. The van der Waals surface area contributed by atoms with E-state index in [1.54, 1.807) is 4.31 Å². The molecule has 0 atom stereocenters. The molecule has 6 heteroatoms. The third-order valence-corrected chi connectivity index (χ3v) is 7.02. The lowest BCUT2D eigenvalue weighted by Crippen LogP contribution is -2.43. The van der Waals surface area contributed by atoms with Crippen LogP contribution in [0.25, 0.3) is 0 Å². The van der Waals surface area contributed by atoms with Crippen molar-refractivity contribution < 1.29 is 13.2 Å². The van der Waals surface area contributed by atoms with Crippen LogP contribution in [-0.2, 0) is 27.8 Å². The molecule has 0 radical (unpaired) electrons. The van der Waals surface area contributed by atoms with Crippen LogP contribution in [0.5, 0.6) is 0 Å². The summed E-state index contributed by atoms with van der Waals surface area (Å²) in [6.07, 6.45) is 8.77. The molecule has 5 nitrogen and oxygen atoms in total. The van der Waals surface area contributed by atoms with Gasteiger partial charge in [-0.25, -0.2) is 8.42 Å². The summed E-state index contributed by atoms with van der Waals surface area (Å²) in [5, 5.41) is 0. The average molecular weight is 379 g/mol. The zero-order chi connectivity index (χ0) is 18.6. The number of amides is 1. The first-order chi connectivity index (χ1) is 12.4. The summed E-state index contributed by atoms with van der Waals surface area (Å²) in [7, 11) is -3.29. The van der Waals surface area contributed by atoms with Gasteiger partial charge < -0.3 is 4.90 Å². The summed E-state index contributed by atoms with van der Waals surface area (Å²) in [6.45, 7) is 1.66. The first-order valence-corrected chi connectivity index (χ1v) is 11.6. The van der Waals surface area contributed by atoms with E-state index in [2.05, 4.69) is 12.1 Å². The van der Waals surface area contributed by atoms with E-state index in [4.69, 9.17) is 0 Å².